The lowest BCUT2D eigenvalue weighted by atomic mass is 9.74. The van der Waals surface area contributed by atoms with Crippen LogP contribution in [0.25, 0.3) is 0 Å². The molecule has 3 aliphatic rings. The molecule has 1 aliphatic carbocycles. The molecule has 2 aromatic rings. The Balaban J connectivity index is 1.65. The number of aromatic hydroxyl groups is 1. The minimum atomic E-state index is -0.618. The Morgan fingerprint density at radius 1 is 1.10 bits per heavy atom. The van der Waals surface area contributed by atoms with E-state index < -0.39 is 6.04 Å². The van der Waals surface area contributed by atoms with Crippen molar-refractivity contribution in [2.45, 2.75) is 45.3 Å². The summed E-state index contributed by atoms with van der Waals surface area (Å²) in [6.07, 6.45) is 2.32. The van der Waals surface area contributed by atoms with E-state index in [1.165, 1.54) is 0 Å². The van der Waals surface area contributed by atoms with Crippen LogP contribution >= 0.6 is 0 Å². The van der Waals surface area contributed by atoms with Crippen molar-refractivity contribution in [3.63, 3.8) is 0 Å². The smallest absolute Gasteiger partial charge is 0.295 e. The summed E-state index contributed by atoms with van der Waals surface area (Å²) in [6, 6.07) is 11.5. The van der Waals surface area contributed by atoms with Crippen LogP contribution in [0, 0.1) is 18.8 Å². The largest absolute Gasteiger partial charge is 0.508 e. The molecule has 1 fully saturated rings. The molecule has 0 saturated heterocycles. The molecule has 6 heteroatoms. The molecule has 3 heterocycles. The average molecular weight is 404 g/mol. The lowest BCUT2D eigenvalue weighted by Crippen LogP contribution is -2.41. The second kappa shape index (κ2) is 6.97. The van der Waals surface area contributed by atoms with Crippen LogP contribution in [-0.4, -0.2) is 27.9 Å². The van der Waals surface area contributed by atoms with E-state index in [-0.39, 0.29) is 35.2 Å². The van der Waals surface area contributed by atoms with Crippen molar-refractivity contribution in [1.82, 2.24) is 4.98 Å². The molecule has 1 aromatic carbocycles. The van der Waals surface area contributed by atoms with Gasteiger partial charge < -0.3 is 9.84 Å². The SMILES string of the molecule is Cc1cccc(N2C(=O)C3=C(C(=O)C4CC(C)CCC4O3)C2c2ccc(O)cc2)n1. The van der Waals surface area contributed by atoms with Gasteiger partial charge in [0.25, 0.3) is 5.91 Å². The number of hydrogen-bond acceptors (Lipinski definition) is 5. The van der Waals surface area contributed by atoms with E-state index in [9.17, 15) is 14.7 Å². The molecule has 2 aliphatic heterocycles. The highest BCUT2D eigenvalue weighted by Crippen LogP contribution is 2.48. The zero-order valence-electron chi connectivity index (χ0n) is 17.0. The Morgan fingerprint density at radius 2 is 1.87 bits per heavy atom. The van der Waals surface area contributed by atoms with Crippen LogP contribution in [0.5, 0.6) is 5.75 Å². The predicted molar refractivity (Wildman–Crippen MR) is 111 cm³/mol. The van der Waals surface area contributed by atoms with Crippen molar-refractivity contribution >= 4 is 17.5 Å². The number of carbonyl (C=O) groups excluding carboxylic acids is 2. The highest BCUT2D eigenvalue weighted by atomic mass is 16.5. The summed E-state index contributed by atoms with van der Waals surface area (Å²) in [5, 5.41) is 9.74. The van der Waals surface area contributed by atoms with Crippen LogP contribution in [0.3, 0.4) is 0 Å². The van der Waals surface area contributed by atoms with Gasteiger partial charge in [-0.15, -0.1) is 0 Å². The van der Waals surface area contributed by atoms with Crippen molar-refractivity contribution in [3.8, 4) is 5.75 Å². The van der Waals surface area contributed by atoms with Gasteiger partial charge >= 0.3 is 0 Å². The number of aryl methyl sites for hydroxylation is 1. The first-order valence-electron chi connectivity index (χ1n) is 10.4. The van der Waals surface area contributed by atoms with Crippen LogP contribution in [0.2, 0.25) is 0 Å². The van der Waals surface area contributed by atoms with Gasteiger partial charge in [0, 0.05) is 5.69 Å². The number of phenols is 1. The Labute approximate surface area is 175 Å². The Morgan fingerprint density at radius 3 is 2.60 bits per heavy atom. The maximum atomic E-state index is 13.6. The lowest BCUT2D eigenvalue weighted by Gasteiger charge is -2.37. The van der Waals surface area contributed by atoms with Crippen LogP contribution in [-0.2, 0) is 14.3 Å². The quantitative estimate of drug-likeness (QED) is 0.823. The van der Waals surface area contributed by atoms with Crippen molar-refractivity contribution in [2.24, 2.45) is 11.8 Å². The normalized spacial score (nSPS) is 28.3. The average Bonchev–Trinajstić information content (AvgIpc) is 3.02. The van der Waals surface area contributed by atoms with E-state index in [0.29, 0.717) is 17.3 Å². The zero-order chi connectivity index (χ0) is 21.0. The Hall–Kier alpha value is -3.15. The third-order valence-electron chi connectivity index (χ3n) is 6.44. The van der Waals surface area contributed by atoms with Crippen molar-refractivity contribution in [2.75, 3.05) is 4.90 Å². The highest BCUT2D eigenvalue weighted by molar-refractivity contribution is 6.17. The Bertz CT molecular complexity index is 1060. The van der Waals surface area contributed by atoms with E-state index in [4.69, 9.17) is 4.74 Å². The number of fused-ring (bicyclic) bond motifs is 1. The van der Waals surface area contributed by atoms with E-state index in [2.05, 4.69) is 11.9 Å². The first-order chi connectivity index (χ1) is 14.4. The third kappa shape index (κ3) is 2.90. The summed E-state index contributed by atoms with van der Waals surface area (Å²) in [5.74, 6) is 0.702. The van der Waals surface area contributed by atoms with Gasteiger partial charge in [-0.2, -0.15) is 0 Å². The van der Waals surface area contributed by atoms with Gasteiger partial charge in [0.05, 0.1) is 17.5 Å². The van der Waals surface area contributed by atoms with Crippen LogP contribution in [0.1, 0.15) is 43.5 Å². The van der Waals surface area contributed by atoms with Gasteiger partial charge in [-0.05, 0) is 61.9 Å². The molecular weight excluding hydrogens is 380 g/mol. The van der Waals surface area contributed by atoms with Crippen LogP contribution in [0.4, 0.5) is 5.82 Å². The number of nitrogens with zero attached hydrogens (tertiary/aromatic N) is 2. The molecule has 5 rings (SSSR count). The third-order valence-corrected chi connectivity index (χ3v) is 6.44. The topological polar surface area (TPSA) is 79.7 Å². The monoisotopic (exact) mass is 404 g/mol. The number of carbonyl (C=O) groups is 2. The minimum absolute atomic E-state index is 0.00868. The zero-order valence-corrected chi connectivity index (χ0v) is 17.0. The maximum Gasteiger partial charge on any atom is 0.295 e. The van der Waals surface area contributed by atoms with Crippen molar-refractivity contribution in [1.29, 1.82) is 0 Å². The van der Waals surface area contributed by atoms with E-state index in [0.717, 1.165) is 30.5 Å². The van der Waals surface area contributed by atoms with E-state index >= 15 is 0 Å². The number of pyridine rings is 1. The van der Waals surface area contributed by atoms with Gasteiger partial charge in [-0.25, -0.2) is 4.98 Å². The number of hydrogen-bond donors (Lipinski definition) is 1. The summed E-state index contributed by atoms with van der Waals surface area (Å²) in [5.41, 5.74) is 1.95. The second-order valence-corrected chi connectivity index (χ2v) is 8.59. The van der Waals surface area contributed by atoms with Gasteiger partial charge in [0.1, 0.15) is 17.7 Å². The number of benzene rings is 1. The molecule has 30 heavy (non-hydrogen) atoms. The number of Topliss-reactive ketones (excluding diaryl/α,β-unsaturated/α-hetero) is 1. The number of ketones is 1. The molecule has 1 N–H and O–H groups in total. The first-order valence-corrected chi connectivity index (χ1v) is 10.4. The summed E-state index contributed by atoms with van der Waals surface area (Å²) >= 11 is 0. The standard InChI is InChI=1S/C24H24N2O4/c1-13-6-11-18-17(12-13)22(28)20-21(15-7-9-16(27)10-8-15)26(24(29)23(20)30-18)19-5-3-4-14(2)25-19/h3-5,7-10,13,17-18,21,27H,6,11-12H2,1-2H3. The van der Waals surface area contributed by atoms with Gasteiger partial charge in [0.2, 0.25) is 0 Å². The summed E-state index contributed by atoms with van der Waals surface area (Å²) in [6.45, 7) is 4.03. The van der Waals surface area contributed by atoms with Crippen molar-refractivity contribution < 1.29 is 19.4 Å². The molecule has 0 spiro atoms. The van der Waals surface area contributed by atoms with E-state index in [1.807, 2.05) is 19.1 Å². The molecule has 154 valence electrons. The van der Waals surface area contributed by atoms with Crippen LogP contribution in [0.15, 0.2) is 53.8 Å². The first kappa shape index (κ1) is 18.9. The highest BCUT2D eigenvalue weighted by Gasteiger charge is 2.53. The number of ether oxygens (including phenoxy) is 1. The minimum Gasteiger partial charge on any atom is -0.508 e. The van der Waals surface area contributed by atoms with Gasteiger partial charge in [0.15, 0.2) is 11.5 Å². The fourth-order valence-electron chi connectivity index (χ4n) is 4.95. The summed E-state index contributed by atoms with van der Waals surface area (Å²) in [4.78, 5) is 33.2. The predicted octanol–water partition coefficient (Wildman–Crippen LogP) is 3.84. The molecule has 4 unspecified atom stereocenters. The maximum absolute atomic E-state index is 13.6. The Kier molecular flexibility index (Phi) is 4.38. The number of anilines is 1. The number of aromatic nitrogens is 1. The summed E-state index contributed by atoms with van der Waals surface area (Å²) in [7, 11) is 0. The molecule has 1 amide bonds. The molecule has 1 saturated carbocycles. The van der Waals surface area contributed by atoms with E-state index in [1.54, 1.807) is 35.2 Å². The molecular formula is C24H24N2O4. The fourth-order valence-corrected chi connectivity index (χ4v) is 4.95. The molecule has 0 radical (unpaired) electrons. The van der Waals surface area contributed by atoms with Gasteiger partial charge in [-0.3, -0.25) is 14.5 Å². The molecule has 6 nitrogen and oxygen atoms in total. The van der Waals surface area contributed by atoms with Crippen molar-refractivity contribution in [3.05, 3.63) is 65.1 Å². The number of phenolic OH excluding ortho intramolecular Hbond substituents is 1. The fraction of sp³-hybridized carbons (Fsp3) is 0.375. The van der Waals surface area contributed by atoms with Crippen LogP contribution < -0.4 is 4.90 Å². The lowest BCUT2D eigenvalue weighted by molar-refractivity contribution is -0.132. The van der Waals surface area contributed by atoms with Gasteiger partial charge in [-0.1, -0.05) is 25.1 Å². The number of amides is 1. The molecule has 4 atom stereocenters. The number of rotatable bonds is 2. The second-order valence-electron chi connectivity index (χ2n) is 8.59. The molecule has 0 bridgehead atoms. The summed E-state index contributed by atoms with van der Waals surface area (Å²) < 4.78 is 6.19. The molecule has 1 aromatic heterocycles.